The largest absolute Gasteiger partial charge is 0.480 e. The molecule has 0 aromatic carbocycles. The van der Waals surface area contributed by atoms with Crippen molar-refractivity contribution in [3.63, 3.8) is 0 Å². The molecule has 1 fully saturated rings. The Morgan fingerprint density at radius 3 is 2.33 bits per heavy atom. The number of carboxylic acids is 1. The van der Waals surface area contributed by atoms with Crippen LogP contribution < -0.4 is 5.32 Å². The maximum absolute atomic E-state index is 11.3. The van der Waals surface area contributed by atoms with Crippen LogP contribution in [0.5, 0.6) is 0 Å². The minimum absolute atomic E-state index is 0.0484. The van der Waals surface area contributed by atoms with Crippen LogP contribution in [0.4, 0.5) is 0 Å². The average molecular weight is 214 g/mol. The lowest BCUT2D eigenvalue weighted by Gasteiger charge is -2.33. The Labute approximate surface area is 89.4 Å². The highest BCUT2D eigenvalue weighted by Crippen LogP contribution is 2.18. The van der Waals surface area contributed by atoms with Crippen LogP contribution >= 0.6 is 0 Å². The molecule has 5 nitrogen and oxygen atoms in total. The van der Waals surface area contributed by atoms with Crippen molar-refractivity contribution in [2.45, 2.75) is 25.8 Å². The lowest BCUT2D eigenvalue weighted by Crippen LogP contribution is -2.46. The topological polar surface area (TPSA) is 69.6 Å². The van der Waals surface area contributed by atoms with E-state index >= 15 is 0 Å². The smallest absolute Gasteiger partial charge is 0.320 e. The molecule has 0 radical (unpaired) electrons. The lowest BCUT2D eigenvalue weighted by molar-refractivity contribution is -0.143. The molecule has 1 aliphatic heterocycles. The number of amides is 1. The summed E-state index contributed by atoms with van der Waals surface area (Å²) in [5.41, 5.74) is 0. The molecule has 0 spiro atoms. The second kappa shape index (κ2) is 5.11. The molecule has 0 saturated carbocycles. The second-order valence-corrected chi connectivity index (χ2v) is 3.94. The van der Waals surface area contributed by atoms with Gasteiger partial charge in [-0.2, -0.15) is 0 Å². The number of aliphatic carboxylic acids is 1. The van der Waals surface area contributed by atoms with Gasteiger partial charge in [-0.3, -0.25) is 14.5 Å². The number of likely N-dealkylation sites (tertiary alicyclic amines) is 1. The van der Waals surface area contributed by atoms with Crippen molar-refractivity contribution in [2.24, 2.45) is 5.92 Å². The van der Waals surface area contributed by atoms with Gasteiger partial charge in [-0.05, 0) is 32.9 Å². The van der Waals surface area contributed by atoms with Gasteiger partial charge in [0.1, 0.15) is 6.04 Å². The van der Waals surface area contributed by atoms with Crippen LogP contribution in [0.15, 0.2) is 0 Å². The molecule has 86 valence electrons. The molecule has 1 rings (SSSR count). The van der Waals surface area contributed by atoms with Crippen molar-refractivity contribution in [1.82, 2.24) is 10.2 Å². The van der Waals surface area contributed by atoms with E-state index in [4.69, 9.17) is 5.11 Å². The third-order valence-corrected chi connectivity index (χ3v) is 3.05. The number of rotatable bonds is 3. The molecule has 0 aliphatic carbocycles. The molecule has 1 atom stereocenters. The van der Waals surface area contributed by atoms with E-state index in [-0.39, 0.29) is 11.8 Å². The first-order valence-electron chi connectivity index (χ1n) is 5.24. The Kier molecular flexibility index (Phi) is 4.08. The van der Waals surface area contributed by atoms with Crippen LogP contribution in [-0.4, -0.2) is 48.1 Å². The summed E-state index contributed by atoms with van der Waals surface area (Å²) >= 11 is 0. The summed E-state index contributed by atoms with van der Waals surface area (Å²) in [4.78, 5) is 24.0. The molecule has 0 aromatic rings. The molecular formula is C10H18N2O3. The molecule has 5 heteroatoms. The maximum atomic E-state index is 11.3. The molecule has 0 bridgehead atoms. The van der Waals surface area contributed by atoms with Gasteiger partial charge in [-0.1, -0.05) is 0 Å². The zero-order chi connectivity index (χ0) is 11.4. The third kappa shape index (κ3) is 2.92. The number of carboxylic acid groups (broad SMARTS) is 1. The van der Waals surface area contributed by atoms with Crippen LogP contribution in [0.2, 0.25) is 0 Å². The number of nitrogens with one attached hydrogen (secondary N) is 1. The number of carbonyl (C=O) groups is 2. The number of hydrogen-bond acceptors (Lipinski definition) is 3. The Bertz CT molecular complexity index is 247. The summed E-state index contributed by atoms with van der Waals surface area (Å²) in [6.45, 7) is 3.06. The van der Waals surface area contributed by atoms with Gasteiger partial charge < -0.3 is 10.4 Å². The first-order chi connectivity index (χ1) is 7.06. The molecule has 15 heavy (non-hydrogen) atoms. The Morgan fingerprint density at radius 1 is 1.40 bits per heavy atom. The van der Waals surface area contributed by atoms with Crippen molar-refractivity contribution >= 4 is 11.9 Å². The highest BCUT2D eigenvalue weighted by molar-refractivity contribution is 5.78. The average Bonchev–Trinajstić information content (AvgIpc) is 2.27. The summed E-state index contributed by atoms with van der Waals surface area (Å²) < 4.78 is 0. The summed E-state index contributed by atoms with van der Waals surface area (Å²) in [5.74, 6) is -0.682. The SMILES string of the molecule is CNC(=O)C1CCN(C(C)C(=O)O)CC1. The van der Waals surface area contributed by atoms with Gasteiger partial charge >= 0.3 is 5.97 Å². The predicted octanol–water partition coefficient (Wildman–Crippen LogP) is -0.0825. The summed E-state index contributed by atoms with van der Waals surface area (Å²) in [7, 11) is 1.63. The molecule has 1 amide bonds. The summed E-state index contributed by atoms with van der Waals surface area (Å²) in [6.07, 6.45) is 1.49. The van der Waals surface area contributed by atoms with Crippen molar-refractivity contribution < 1.29 is 14.7 Å². The van der Waals surface area contributed by atoms with Crippen LogP contribution in [-0.2, 0) is 9.59 Å². The van der Waals surface area contributed by atoms with Crippen LogP contribution in [0.1, 0.15) is 19.8 Å². The van der Waals surface area contributed by atoms with Crippen molar-refractivity contribution in [3.05, 3.63) is 0 Å². The molecular weight excluding hydrogens is 196 g/mol. The van der Waals surface area contributed by atoms with Crippen LogP contribution in [0.25, 0.3) is 0 Å². The van der Waals surface area contributed by atoms with Crippen LogP contribution in [0, 0.1) is 5.92 Å². The number of nitrogens with zero attached hydrogens (tertiary/aromatic N) is 1. The highest BCUT2D eigenvalue weighted by atomic mass is 16.4. The molecule has 1 unspecified atom stereocenters. The van der Waals surface area contributed by atoms with Crippen LogP contribution in [0.3, 0.4) is 0 Å². The standard InChI is InChI=1S/C10H18N2O3/c1-7(10(14)15)12-5-3-8(4-6-12)9(13)11-2/h7-8H,3-6H2,1-2H3,(H,11,13)(H,14,15). The van der Waals surface area contributed by atoms with Gasteiger partial charge in [-0.25, -0.2) is 0 Å². The van der Waals surface area contributed by atoms with E-state index in [1.54, 1.807) is 14.0 Å². The Morgan fingerprint density at radius 2 is 1.93 bits per heavy atom. The van der Waals surface area contributed by atoms with Gasteiger partial charge in [-0.15, -0.1) is 0 Å². The van der Waals surface area contributed by atoms with E-state index in [9.17, 15) is 9.59 Å². The summed E-state index contributed by atoms with van der Waals surface area (Å²) in [6, 6.07) is -0.448. The fraction of sp³-hybridized carbons (Fsp3) is 0.800. The van der Waals surface area contributed by atoms with Crippen molar-refractivity contribution in [3.8, 4) is 0 Å². The van der Waals surface area contributed by atoms with Gasteiger partial charge in [0, 0.05) is 13.0 Å². The fourth-order valence-corrected chi connectivity index (χ4v) is 1.91. The van der Waals surface area contributed by atoms with Crippen molar-refractivity contribution in [2.75, 3.05) is 20.1 Å². The first-order valence-corrected chi connectivity index (χ1v) is 5.24. The van der Waals surface area contributed by atoms with E-state index in [0.717, 1.165) is 12.8 Å². The number of carbonyl (C=O) groups excluding carboxylic acids is 1. The van der Waals surface area contributed by atoms with Gasteiger partial charge in [0.05, 0.1) is 0 Å². The molecule has 1 saturated heterocycles. The van der Waals surface area contributed by atoms with E-state index in [1.165, 1.54) is 0 Å². The van der Waals surface area contributed by atoms with Crippen molar-refractivity contribution in [1.29, 1.82) is 0 Å². The van der Waals surface area contributed by atoms with E-state index < -0.39 is 12.0 Å². The maximum Gasteiger partial charge on any atom is 0.320 e. The van der Waals surface area contributed by atoms with Gasteiger partial charge in [0.15, 0.2) is 0 Å². The normalized spacial score (nSPS) is 20.9. The van der Waals surface area contributed by atoms with E-state index in [2.05, 4.69) is 5.32 Å². The number of piperidine rings is 1. The zero-order valence-electron chi connectivity index (χ0n) is 9.19. The molecule has 1 heterocycles. The zero-order valence-corrected chi connectivity index (χ0v) is 9.19. The highest BCUT2D eigenvalue weighted by Gasteiger charge is 2.28. The predicted molar refractivity (Wildman–Crippen MR) is 55.5 cm³/mol. The number of hydrogen-bond donors (Lipinski definition) is 2. The third-order valence-electron chi connectivity index (χ3n) is 3.05. The lowest BCUT2D eigenvalue weighted by atomic mass is 9.95. The molecule has 0 aromatic heterocycles. The Balaban J connectivity index is 2.42. The van der Waals surface area contributed by atoms with E-state index in [1.807, 2.05) is 4.90 Å². The minimum atomic E-state index is -0.798. The van der Waals surface area contributed by atoms with Gasteiger partial charge in [0.25, 0.3) is 0 Å². The molecule has 2 N–H and O–H groups in total. The van der Waals surface area contributed by atoms with Gasteiger partial charge in [0.2, 0.25) is 5.91 Å². The second-order valence-electron chi connectivity index (χ2n) is 3.94. The monoisotopic (exact) mass is 214 g/mol. The quantitative estimate of drug-likeness (QED) is 0.689. The van der Waals surface area contributed by atoms with E-state index in [0.29, 0.717) is 13.1 Å². The minimum Gasteiger partial charge on any atom is -0.480 e. The first kappa shape index (κ1) is 12.0. The Hall–Kier alpha value is -1.10. The summed E-state index contributed by atoms with van der Waals surface area (Å²) in [5, 5.41) is 11.5. The fourth-order valence-electron chi connectivity index (χ4n) is 1.91. The molecule has 1 aliphatic rings.